The first-order valence-electron chi connectivity index (χ1n) is 7.42. The molecule has 0 spiro atoms. The molecule has 0 aliphatic heterocycles. The molecule has 21 heavy (non-hydrogen) atoms. The molecular weight excluding hydrogens is 301 g/mol. The molecule has 1 aliphatic carbocycles. The number of aryl methyl sites for hydroxylation is 1. The molecule has 3 heteroatoms. The van der Waals surface area contributed by atoms with Crippen molar-refractivity contribution in [3.05, 3.63) is 69.2 Å². The van der Waals surface area contributed by atoms with E-state index in [1.165, 1.54) is 30.4 Å². The van der Waals surface area contributed by atoms with Crippen molar-refractivity contribution < 1.29 is 0 Å². The minimum absolute atomic E-state index is 0.115. The molecule has 3 rings (SSSR count). The zero-order chi connectivity index (χ0) is 14.8. The summed E-state index contributed by atoms with van der Waals surface area (Å²) >= 11 is 12.1. The monoisotopic (exact) mass is 319 g/mol. The fourth-order valence-electron chi connectivity index (χ4n) is 3.32. The molecule has 0 saturated carbocycles. The van der Waals surface area contributed by atoms with Gasteiger partial charge in [-0.05, 0) is 60.4 Å². The van der Waals surface area contributed by atoms with Gasteiger partial charge in [-0.1, -0.05) is 53.5 Å². The predicted octanol–water partition coefficient (Wildman–Crippen LogP) is 4.98. The number of nitrogens with two attached hydrogens (primary N) is 1. The Morgan fingerprint density at radius 2 is 1.90 bits per heavy atom. The molecule has 2 N–H and O–H groups in total. The summed E-state index contributed by atoms with van der Waals surface area (Å²) in [5, 5.41) is 1.20. The summed E-state index contributed by atoms with van der Waals surface area (Å²) in [4.78, 5) is 0. The summed E-state index contributed by atoms with van der Waals surface area (Å²) in [7, 11) is 0. The van der Waals surface area contributed by atoms with Crippen LogP contribution >= 0.6 is 23.2 Å². The normalized spacial score (nSPS) is 19.1. The lowest BCUT2D eigenvalue weighted by atomic mass is 9.77. The minimum atomic E-state index is 0.115. The van der Waals surface area contributed by atoms with Crippen molar-refractivity contribution in [2.24, 2.45) is 5.73 Å². The van der Waals surface area contributed by atoms with Crippen molar-refractivity contribution in [2.75, 3.05) is 0 Å². The number of hydrogen-bond donors (Lipinski definition) is 1. The van der Waals surface area contributed by atoms with E-state index in [0.29, 0.717) is 16.0 Å². The van der Waals surface area contributed by atoms with E-state index in [0.717, 1.165) is 12.0 Å². The van der Waals surface area contributed by atoms with Gasteiger partial charge >= 0.3 is 0 Å². The molecule has 0 bridgehead atoms. The third-order valence-corrected chi connectivity index (χ3v) is 5.13. The standard InChI is InChI=1S/C18H19Cl2N/c19-16-9-8-12(10-17(16)20)11-18(21)15-7-3-5-13-4-1-2-6-14(13)15/h1-2,4,6,8-10,15,18H,3,5,7,11,21H2. The van der Waals surface area contributed by atoms with Crippen LogP contribution in [0.4, 0.5) is 0 Å². The molecule has 110 valence electrons. The Balaban J connectivity index is 1.80. The smallest absolute Gasteiger partial charge is 0.0595 e. The Bertz CT molecular complexity index is 639. The van der Waals surface area contributed by atoms with Gasteiger partial charge < -0.3 is 5.73 Å². The second-order valence-corrected chi connectivity index (χ2v) is 6.63. The van der Waals surface area contributed by atoms with Gasteiger partial charge in [0, 0.05) is 6.04 Å². The molecule has 2 aromatic carbocycles. The Labute approximate surface area is 136 Å². The Kier molecular flexibility index (Phi) is 4.54. The SMILES string of the molecule is NC(Cc1ccc(Cl)c(Cl)c1)C1CCCc2ccccc21. The lowest BCUT2D eigenvalue weighted by Crippen LogP contribution is -2.33. The van der Waals surface area contributed by atoms with E-state index in [4.69, 9.17) is 28.9 Å². The van der Waals surface area contributed by atoms with Crippen molar-refractivity contribution in [1.29, 1.82) is 0 Å². The quantitative estimate of drug-likeness (QED) is 0.848. The number of hydrogen-bond acceptors (Lipinski definition) is 1. The number of fused-ring (bicyclic) bond motifs is 1. The lowest BCUT2D eigenvalue weighted by Gasteiger charge is -2.30. The molecule has 0 aromatic heterocycles. The molecule has 0 fully saturated rings. The van der Waals surface area contributed by atoms with E-state index in [1.807, 2.05) is 18.2 Å². The highest BCUT2D eigenvalue weighted by Crippen LogP contribution is 2.34. The van der Waals surface area contributed by atoms with Crippen molar-refractivity contribution in [2.45, 2.75) is 37.6 Å². The van der Waals surface area contributed by atoms with Crippen LogP contribution in [0.5, 0.6) is 0 Å². The van der Waals surface area contributed by atoms with E-state index in [2.05, 4.69) is 24.3 Å². The van der Waals surface area contributed by atoms with Gasteiger partial charge in [0.2, 0.25) is 0 Å². The summed E-state index contributed by atoms with van der Waals surface area (Å²) in [5.41, 5.74) is 10.5. The van der Waals surface area contributed by atoms with E-state index >= 15 is 0 Å². The van der Waals surface area contributed by atoms with Gasteiger partial charge in [-0.15, -0.1) is 0 Å². The minimum Gasteiger partial charge on any atom is -0.327 e. The maximum absolute atomic E-state index is 6.51. The molecule has 2 aromatic rings. The highest BCUT2D eigenvalue weighted by molar-refractivity contribution is 6.42. The first-order valence-corrected chi connectivity index (χ1v) is 8.18. The number of halogens is 2. The lowest BCUT2D eigenvalue weighted by molar-refractivity contribution is 0.460. The van der Waals surface area contributed by atoms with E-state index in [1.54, 1.807) is 0 Å². The van der Waals surface area contributed by atoms with Crippen LogP contribution in [0.25, 0.3) is 0 Å². The first-order chi connectivity index (χ1) is 10.1. The van der Waals surface area contributed by atoms with Crippen LogP contribution in [0.1, 0.15) is 35.4 Å². The first kappa shape index (κ1) is 14.9. The molecule has 0 radical (unpaired) electrons. The summed E-state index contributed by atoms with van der Waals surface area (Å²) in [6, 6.07) is 14.6. The zero-order valence-electron chi connectivity index (χ0n) is 11.9. The largest absolute Gasteiger partial charge is 0.327 e. The van der Waals surface area contributed by atoms with Gasteiger partial charge in [-0.2, -0.15) is 0 Å². The van der Waals surface area contributed by atoms with Crippen LogP contribution in [0.2, 0.25) is 10.0 Å². The van der Waals surface area contributed by atoms with Crippen LogP contribution in [0.3, 0.4) is 0 Å². The molecule has 1 aliphatic rings. The molecule has 0 saturated heterocycles. The number of benzene rings is 2. The summed E-state index contributed by atoms with van der Waals surface area (Å²) in [5.74, 6) is 0.435. The fourth-order valence-corrected chi connectivity index (χ4v) is 3.64. The van der Waals surface area contributed by atoms with Crippen molar-refractivity contribution in [3.63, 3.8) is 0 Å². The summed E-state index contributed by atoms with van der Waals surface area (Å²) in [6.45, 7) is 0. The van der Waals surface area contributed by atoms with Gasteiger partial charge in [0.25, 0.3) is 0 Å². The second kappa shape index (κ2) is 6.39. The van der Waals surface area contributed by atoms with E-state index in [-0.39, 0.29) is 6.04 Å². The van der Waals surface area contributed by atoms with Gasteiger partial charge in [0.15, 0.2) is 0 Å². The third kappa shape index (κ3) is 3.26. The molecule has 2 unspecified atom stereocenters. The van der Waals surface area contributed by atoms with Gasteiger partial charge in [0.05, 0.1) is 10.0 Å². The van der Waals surface area contributed by atoms with Gasteiger partial charge in [0.1, 0.15) is 0 Å². The highest BCUT2D eigenvalue weighted by atomic mass is 35.5. The van der Waals surface area contributed by atoms with Crippen LogP contribution in [0, 0.1) is 0 Å². The Morgan fingerprint density at radius 3 is 2.71 bits per heavy atom. The molecule has 2 atom stereocenters. The van der Waals surface area contributed by atoms with E-state index in [9.17, 15) is 0 Å². The van der Waals surface area contributed by atoms with E-state index < -0.39 is 0 Å². The van der Waals surface area contributed by atoms with Crippen molar-refractivity contribution in [1.82, 2.24) is 0 Å². The number of rotatable bonds is 3. The van der Waals surface area contributed by atoms with Crippen LogP contribution < -0.4 is 5.73 Å². The molecular formula is C18H19Cl2N. The maximum atomic E-state index is 6.51. The van der Waals surface area contributed by atoms with Crippen LogP contribution in [-0.2, 0) is 12.8 Å². The topological polar surface area (TPSA) is 26.0 Å². The Hall–Kier alpha value is -1.02. The second-order valence-electron chi connectivity index (χ2n) is 5.81. The van der Waals surface area contributed by atoms with Crippen molar-refractivity contribution in [3.8, 4) is 0 Å². The molecule has 1 nitrogen and oxygen atoms in total. The predicted molar refractivity (Wildman–Crippen MR) is 90.3 cm³/mol. The molecule has 0 heterocycles. The fraction of sp³-hybridized carbons (Fsp3) is 0.333. The molecule has 0 amide bonds. The van der Waals surface area contributed by atoms with Crippen molar-refractivity contribution >= 4 is 23.2 Å². The zero-order valence-corrected chi connectivity index (χ0v) is 13.4. The summed E-state index contributed by atoms with van der Waals surface area (Å²) < 4.78 is 0. The highest BCUT2D eigenvalue weighted by Gasteiger charge is 2.25. The summed E-state index contributed by atoms with van der Waals surface area (Å²) in [6.07, 6.45) is 4.39. The Morgan fingerprint density at radius 1 is 1.10 bits per heavy atom. The van der Waals surface area contributed by atoms with Crippen LogP contribution in [-0.4, -0.2) is 6.04 Å². The van der Waals surface area contributed by atoms with Crippen LogP contribution in [0.15, 0.2) is 42.5 Å². The maximum Gasteiger partial charge on any atom is 0.0595 e. The average molecular weight is 320 g/mol. The average Bonchev–Trinajstić information content (AvgIpc) is 2.50. The van der Waals surface area contributed by atoms with Gasteiger partial charge in [-0.3, -0.25) is 0 Å². The third-order valence-electron chi connectivity index (χ3n) is 4.39. The van der Waals surface area contributed by atoms with Gasteiger partial charge in [-0.25, -0.2) is 0 Å².